The minimum absolute atomic E-state index is 0.486. The minimum atomic E-state index is -3.21. The molecule has 1 atom stereocenters. The molecule has 0 saturated carbocycles. The molecule has 1 aromatic rings. The van der Waals surface area contributed by atoms with Gasteiger partial charge in [0.2, 0.25) is 0 Å². The Morgan fingerprint density at radius 1 is 1.50 bits per heavy atom. The van der Waals surface area contributed by atoms with Crippen molar-refractivity contribution in [1.29, 1.82) is 0 Å². The van der Waals surface area contributed by atoms with Crippen molar-refractivity contribution in [3.05, 3.63) is 17.0 Å². The van der Waals surface area contributed by atoms with Gasteiger partial charge in [0, 0.05) is 18.0 Å². The number of thiophene rings is 1. The Morgan fingerprint density at radius 3 is 2.75 bits per heavy atom. The van der Waals surface area contributed by atoms with Gasteiger partial charge in [-0.25, -0.2) is 8.42 Å². The normalized spacial score (nSPS) is 22.8. The maximum Gasteiger partial charge on any atom is 0.252 e. The molecule has 1 aliphatic heterocycles. The third-order valence-electron chi connectivity index (χ3n) is 2.97. The Hall–Kier alpha value is -0.390. The van der Waals surface area contributed by atoms with E-state index in [2.05, 4.69) is 6.92 Å². The molecule has 1 aromatic heterocycles. The first-order valence-electron chi connectivity index (χ1n) is 5.63. The van der Waals surface area contributed by atoms with Gasteiger partial charge >= 0.3 is 0 Å². The summed E-state index contributed by atoms with van der Waals surface area (Å²) in [5.41, 5.74) is 0. The lowest BCUT2D eigenvalue weighted by atomic mass is 10.2. The molecule has 3 nitrogen and oxygen atoms in total. The van der Waals surface area contributed by atoms with E-state index in [0.29, 0.717) is 23.2 Å². The van der Waals surface area contributed by atoms with Crippen LogP contribution in [0.4, 0.5) is 0 Å². The molecule has 1 unspecified atom stereocenters. The molecule has 0 aliphatic carbocycles. The fourth-order valence-corrected chi connectivity index (χ4v) is 4.95. The van der Waals surface area contributed by atoms with Gasteiger partial charge in [-0.15, -0.1) is 11.3 Å². The topological polar surface area (TPSA) is 37.4 Å². The molecule has 0 bridgehead atoms. The predicted molar refractivity (Wildman–Crippen MR) is 66.2 cm³/mol. The summed E-state index contributed by atoms with van der Waals surface area (Å²) in [6.07, 6.45) is 1.88. The average Bonchev–Trinajstić information content (AvgIpc) is 2.85. The van der Waals surface area contributed by atoms with E-state index >= 15 is 0 Å². The van der Waals surface area contributed by atoms with Crippen LogP contribution in [-0.2, 0) is 16.4 Å². The van der Waals surface area contributed by atoms with Crippen LogP contribution in [0.15, 0.2) is 16.3 Å². The molecule has 2 rings (SSSR count). The Labute approximate surface area is 101 Å². The first-order chi connectivity index (χ1) is 7.54. The summed E-state index contributed by atoms with van der Waals surface area (Å²) in [6.45, 7) is 5.48. The van der Waals surface area contributed by atoms with Crippen LogP contribution in [0.25, 0.3) is 0 Å². The zero-order valence-corrected chi connectivity index (χ0v) is 11.3. The van der Waals surface area contributed by atoms with Crippen molar-refractivity contribution in [3.63, 3.8) is 0 Å². The van der Waals surface area contributed by atoms with Crippen molar-refractivity contribution >= 4 is 21.4 Å². The van der Waals surface area contributed by atoms with E-state index in [1.807, 2.05) is 13.0 Å². The second kappa shape index (κ2) is 4.47. The molecule has 16 heavy (non-hydrogen) atoms. The van der Waals surface area contributed by atoms with Gasteiger partial charge < -0.3 is 0 Å². The van der Waals surface area contributed by atoms with Gasteiger partial charge in [-0.05, 0) is 30.9 Å². The lowest BCUT2D eigenvalue weighted by molar-refractivity contribution is 0.466. The van der Waals surface area contributed by atoms with E-state index in [1.165, 1.54) is 11.3 Å². The van der Waals surface area contributed by atoms with Gasteiger partial charge in [-0.1, -0.05) is 13.8 Å². The minimum Gasteiger partial charge on any atom is -0.206 e. The quantitative estimate of drug-likeness (QED) is 0.835. The van der Waals surface area contributed by atoms with Crippen molar-refractivity contribution in [3.8, 4) is 0 Å². The Balaban J connectivity index is 2.25. The smallest absolute Gasteiger partial charge is 0.206 e. The molecule has 0 N–H and O–H groups in total. The summed E-state index contributed by atoms with van der Waals surface area (Å²) in [5, 5.41) is 0. The van der Waals surface area contributed by atoms with Crippen molar-refractivity contribution in [2.75, 3.05) is 13.1 Å². The maximum atomic E-state index is 12.2. The fraction of sp³-hybridized carbons (Fsp3) is 0.636. The van der Waals surface area contributed by atoms with Crippen LogP contribution < -0.4 is 0 Å². The highest BCUT2D eigenvalue weighted by atomic mass is 32.2. The molecule has 1 fully saturated rings. The third-order valence-corrected chi connectivity index (χ3v) is 6.53. The first kappa shape index (κ1) is 12.1. The molecule has 1 saturated heterocycles. The molecule has 0 spiro atoms. The summed E-state index contributed by atoms with van der Waals surface area (Å²) in [5.74, 6) is 0.486. The number of sulfonamides is 1. The molecule has 0 radical (unpaired) electrons. The van der Waals surface area contributed by atoms with E-state index < -0.39 is 10.0 Å². The van der Waals surface area contributed by atoms with E-state index in [4.69, 9.17) is 0 Å². The number of hydrogen-bond acceptors (Lipinski definition) is 3. The van der Waals surface area contributed by atoms with E-state index in [9.17, 15) is 8.42 Å². The number of hydrogen-bond donors (Lipinski definition) is 0. The van der Waals surface area contributed by atoms with Crippen molar-refractivity contribution in [1.82, 2.24) is 4.31 Å². The van der Waals surface area contributed by atoms with E-state index in [1.54, 1.807) is 10.4 Å². The summed E-state index contributed by atoms with van der Waals surface area (Å²) < 4.78 is 26.6. The largest absolute Gasteiger partial charge is 0.252 e. The molecule has 1 aliphatic rings. The Bertz CT molecular complexity index is 464. The average molecular weight is 259 g/mol. The van der Waals surface area contributed by atoms with Crippen LogP contribution >= 0.6 is 11.3 Å². The molecule has 90 valence electrons. The van der Waals surface area contributed by atoms with Crippen molar-refractivity contribution in [2.24, 2.45) is 5.92 Å². The lowest BCUT2D eigenvalue weighted by Crippen LogP contribution is -2.27. The lowest BCUT2D eigenvalue weighted by Gasteiger charge is -2.14. The first-order valence-corrected chi connectivity index (χ1v) is 7.88. The highest BCUT2D eigenvalue weighted by Gasteiger charge is 2.31. The highest BCUT2D eigenvalue weighted by Crippen LogP contribution is 2.28. The number of aryl methyl sites for hydroxylation is 1. The fourth-order valence-electron chi connectivity index (χ4n) is 1.93. The van der Waals surface area contributed by atoms with Gasteiger partial charge in [-0.2, -0.15) is 4.31 Å². The Kier molecular flexibility index (Phi) is 3.37. The molecule has 5 heteroatoms. The predicted octanol–water partition coefficient (Wildman–Crippen LogP) is 2.34. The summed E-state index contributed by atoms with van der Waals surface area (Å²) >= 11 is 1.40. The van der Waals surface area contributed by atoms with Crippen molar-refractivity contribution in [2.45, 2.75) is 30.9 Å². The molecular formula is C11H17NO2S2. The van der Waals surface area contributed by atoms with Gasteiger partial charge in [0.05, 0.1) is 0 Å². The van der Waals surface area contributed by atoms with Crippen LogP contribution in [-0.4, -0.2) is 25.8 Å². The number of rotatable bonds is 3. The molecule has 0 aromatic carbocycles. The Morgan fingerprint density at radius 2 is 2.25 bits per heavy atom. The summed E-state index contributed by atoms with van der Waals surface area (Å²) in [7, 11) is -3.21. The third kappa shape index (κ3) is 2.17. The van der Waals surface area contributed by atoms with E-state index in [-0.39, 0.29) is 0 Å². The van der Waals surface area contributed by atoms with Gasteiger partial charge in [0.25, 0.3) is 10.0 Å². The molecule has 2 heterocycles. The van der Waals surface area contributed by atoms with Gasteiger partial charge in [0.15, 0.2) is 0 Å². The number of nitrogens with zero attached hydrogens (tertiary/aromatic N) is 1. The highest BCUT2D eigenvalue weighted by molar-refractivity contribution is 7.91. The van der Waals surface area contributed by atoms with Gasteiger partial charge in [-0.3, -0.25) is 0 Å². The van der Waals surface area contributed by atoms with Crippen LogP contribution in [0, 0.1) is 5.92 Å². The van der Waals surface area contributed by atoms with E-state index in [0.717, 1.165) is 17.7 Å². The monoisotopic (exact) mass is 259 g/mol. The summed E-state index contributed by atoms with van der Waals surface area (Å²) in [4.78, 5) is 1.13. The SMILES string of the molecule is CCc1ccc(S(=O)(=O)N2CCC(C)C2)s1. The second-order valence-corrected chi connectivity index (χ2v) is 7.66. The van der Waals surface area contributed by atoms with Crippen LogP contribution in [0.1, 0.15) is 25.1 Å². The van der Waals surface area contributed by atoms with Crippen LogP contribution in [0.3, 0.4) is 0 Å². The molecule has 0 amide bonds. The van der Waals surface area contributed by atoms with Crippen molar-refractivity contribution < 1.29 is 8.42 Å². The van der Waals surface area contributed by atoms with Crippen LogP contribution in [0.5, 0.6) is 0 Å². The zero-order valence-electron chi connectivity index (χ0n) is 9.64. The van der Waals surface area contributed by atoms with Crippen LogP contribution in [0.2, 0.25) is 0 Å². The maximum absolute atomic E-state index is 12.2. The molecular weight excluding hydrogens is 242 g/mol. The standard InChI is InChI=1S/C11H17NO2S2/c1-3-10-4-5-11(15-10)16(13,14)12-7-6-9(2)8-12/h4-5,9H,3,6-8H2,1-2H3. The summed E-state index contributed by atoms with van der Waals surface area (Å²) in [6, 6.07) is 3.65. The van der Waals surface area contributed by atoms with Gasteiger partial charge in [0.1, 0.15) is 4.21 Å². The zero-order chi connectivity index (χ0) is 11.8. The second-order valence-electron chi connectivity index (χ2n) is 4.33.